The molecule has 1 heterocycles. The van der Waals surface area contributed by atoms with Crippen molar-refractivity contribution >= 4 is 34.1 Å². The molecule has 0 spiro atoms. The molecule has 7 heteroatoms. The zero-order chi connectivity index (χ0) is 22.1. The second-order valence-corrected chi connectivity index (χ2v) is 10.4. The molecule has 168 valence electrons. The third-order valence-corrected chi connectivity index (χ3v) is 8.37. The Morgan fingerprint density at radius 1 is 1.03 bits per heavy atom. The van der Waals surface area contributed by atoms with Crippen LogP contribution in [0.5, 0.6) is 0 Å². The lowest BCUT2D eigenvalue weighted by Crippen LogP contribution is -2.47. The Morgan fingerprint density at radius 2 is 1.68 bits per heavy atom. The fourth-order valence-electron chi connectivity index (χ4n) is 5.72. The molecule has 2 saturated carbocycles. The summed E-state index contributed by atoms with van der Waals surface area (Å²) >= 11 is 1.42. The van der Waals surface area contributed by atoms with E-state index in [4.69, 9.17) is 0 Å². The third kappa shape index (κ3) is 4.29. The van der Waals surface area contributed by atoms with Gasteiger partial charge in [-0.1, -0.05) is 38.3 Å². The second-order valence-electron chi connectivity index (χ2n) is 9.17. The van der Waals surface area contributed by atoms with Gasteiger partial charge in [-0.15, -0.1) is 11.3 Å². The zero-order valence-corrected chi connectivity index (χ0v) is 19.1. The Morgan fingerprint density at radius 3 is 2.26 bits per heavy atom. The van der Waals surface area contributed by atoms with Gasteiger partial charge < -0.3 is 15.7 Å². The molecular weight excluding hydrogens is 412 g/mol. The number of carbonyl (C=O) groups is 3. The lowest BCUT2D eigenvalue weighted by molar-refractivity contribution is -0.151. The van der Waals surface area contributed by atoms with Crippen LogP contribution in [0.1, 0.15) is 72.7 Å². The molecular formula is C24H32N2O4S. The van der Waals surface area contributed by atoms with Crippen LogP contribution in [0.15, 0.2) is 12.2 Å². The molecule has 31 heavy (non-hydrogen) atoms. The maximum Gasteiger partial charge on any atom is 0.307 e. The normalized spacial score (nSPS) is 27.8. The number of nitrogens with one attached hydrogen (secondary N) is 2. The van der Waals surface area contributed by atoms with Crippen LogP contribution in [0.2, 0.25) is 0 Å². The molecule has 4 aliphatic rings. The maximum absolute atomic E-state index is 13.3. The highest BCUT2D eigenvalue weighted by Gasteiger charge is 2.48. The van der Waals surface area contributed by atoms with E-state index in [1.54, 1.807) is 0 Å². The van der Waals surface area contributed by atoms with E-state index in [9.17, 15) is 19.5 Å². The number of thiophene rings is 1. The fourth-order valence-corrected chi connectivity index (χ4v) is 6.87. The minimum absolute atomic E-state index is 0.0580. The number of aliphatic carboxylic acids is 1. The van der Waals surface area contributed by atoms with E-state index >= 15 is 0 Å². The van der Waals surface area contributed by atoms with Gasteiger partial charge in [0.25, 0.3) is 5.91 Å². The highest BCUT2D eigenvalue weighted by atomic mass is 32.1. The second kappa shape index (κ2) is 9.15. The van der Waals surface area contributed by atoms with Crippen molar-refractivity contribution in [3.05, 3.63) is 28.2 Å². The first-order chi connectivity index (χ1) is 14.9. The third-order valence-electron chi connectivity index (χ3n) is 7.30. The molecule has 0 aliphatic heterocycles. The van der Waals surface area contributed by atoms with E-state index in [0.717, 1.165) is 49.0 Å². The Hall–Kier alpha value is -2.15. The first kappa shape index (κ1) is 22.1. The van der Waals surface area contributed by atoms with Crippen LogP contribution in [-0.4, -0.2) is 28.9 Å². The summed E-state index contributed by atoms with van der Waals surface area (Å²) in [4.78, 5) is 39.5. The quantitative estimate of drug-likeness (QED) is 0.562. The van der Waals surface area contributed by atoms with E-state index in [2.05, 4.69) is 10.6 Å². The number of amides is 2. The molecule has 5 rings (SSSR count). The number of fused-ring (bicyclic) bond motifs is 2. The highest BCUT2D eigenvalue weighted by molar-refractivity contribution is 7.16. The highest BCUT2D eigenvalue weighted by Crippen LogP contribution is 2.46. The van der Waals surface area contributed by atoms with Gasteiger partial charge in [-0.25, -0.2) is 0 Å². The summed E-state index contributed by atoms with van der Waals surface area (Å²) < 4.78 is 0. The molecule has 2 bridgehead atoms. The average molecular weight is 445 g/mol. The molecule has 2 amide bonds. The Bertz CT molecular complexity index is 900. The summed E-state index contributed by atoms with van der Waals surface area (Å²) in [5.74, 6) is -2.75. The smallest absolute Gasteiger partial charge is 0.307 e. The summed E-state index contributed by atoms with van der Waals surface area (Å²) in [6.45, 7) is 3.99. The molecule has 3 N–H and O–H groups in total. The monoisotopic (exact) mass is 444 g/mol. The van der Waals surface area contributed by atoms with Crippen LogP contribution < -0.4 is 10.6 Å². The van der Waals surface area contributed by atoms with Gasteiger partial charge in [-0.3, -0.25) is 14.4 Å². The number of carboxylic acids is 1. The molecule has 4 aliphatic carbocycles. The lowest BCUT2D eigenvalue weighted by Gasteiger charge is -2.41. The number of carboxylic acid groups (broad SMARTS) is 1. The van der Waals surface area contributed by atoms with E-state index in [1.807, 2.05) is 26.0 Å². The van der Waals surface area contributed by atoms with Crippen LogP contribution in [0, 0.1) is 30.6 Å². The summed E-state index contributed by atoms with van der Waals surface area (Å²) in [6, 6.07) is 0.185. The number of anilines is 1. The van der Waals surface area contributed by atoms with Gasteiger partial charge in [-0.05, 0) is 56.4 Å². The number of allylic oxidation sites excluding steroid dienone is 2. The molecule has 6 nitrogen and oxygen atoms in total. The van der Waals surface area contributed by atoms with Crippen molar-refractivity contribution < 1.29 is 19.5 Å². The average Bonchev–Trinajstić information content (AvgIpc) is 3.09. The fraction of sp³-hybridized carbons (Fsp3) is 0.625. The standard InChI is InChI=1S/C24H32N2O4S/c1-3-17-13(2)31-23(20(17)22(28)25-16-7-5-4-6-8-16)26-21(27)18-14-9-11-15(12-10-14)19(18)24(29)30/h9,11,14-16,18-19H,3-8,10,12H2,1-2H3,(H,25,28)(H,26,27)(H,29,30)/t14-,15-,18+,19+/m0/s1. The van der Waals surface area contributed by atoms with E-state index in [-0.39, 0.29) is 29.7 Å². The number of aryl methyl sites for hydroxylation is 1. The summed E-state index contributed by atoms with van der Waals surface area (Å²) in [7, 11) is 0. The predicted octanol–water partition coefficient (Wildman–Crippen LogP) is 4.53. The molecule has 4 atom stereocenters. The van der Waals surface area contributed by atoms with Crippen molar-refractivity contribution in [2.24, 2.45) is 23.7 Å². The molecule has 0 radical (unpaired) electrons. The van der Waals surface area contributed by atoms with Gasteiger partial charge in [0.05, 0.1) is 17.4 Å². The first-order valence-corrected chi connectivity index (χ1v) is 12.4. The topological polar surface area (TPSA) is 95.5 Å². The Kier molecular flexibility index (Phi) is 6.51. The van der Waals surface area contributed by atoms with Crippen LogP contribution in [-0.2, 0) is 16.0 Å². The summed E-state index contributed by atoms with van der Waals surface area (Å²) in [5, 5.41) is 16.5. The van der Waals surface area contributed by atoms with Crippen LogP contribution >= 0.6 is 11.3 Å². The van der Waals surface area contributed by atoms with Crippen LogP contribution in [0.4, 0.5) is 5.00 Å². The molecule has 1 aromatic rings. The van der Waals surface area contributed by atoms with Gasteiger partial charge in [0.1, 0.15) is 5.00 Å². The van der Waals surface area contributed by atoms with Gasteiger partial charge in [0.15, 0.2) is 0 Å². The number of hydrogen-bond acceptors (Lipinski definition) is 4. The summed E-state index contributed by atoms with van der Waals surface area (Å²) in [5.41, 5.74) is 1.53. The largest absolute Gasteiger partial charge is 0.481 e. The molecule has 1 aromatic heterocycles. The predicted molar refractivity (Wildman–Crippen MR) is 121 cm³/mol. The van der Waals surface area contributed by atoms with Crippen molar-refractivity contribution in [1.82, 2.24) is 5.32 Å². The van der Waals surface area contributed by atoms with Crippen molar-refractivity contribution in [3.8, 4) is 0 Å². The molecule has 0 unspecified atom stereocenters. The zero-order valence-electron chi connectivity index (χ0n) is 18.3. The summed E-state index contributed by atoms with van der Waals surface area (Å²) in [6.07, 6.45) is 11.8. The van der Waals surface area contributed by atoms with Crippen LogP contribution in [0.25, 0.3) is 0 Å². The molecule has 2 fully saturated rings. The SMILES string of the molecule is CCc1c(C)sc(NC(=O)[C@H]2[C@H](C(=O)O)[C@H]3C=C[C@H]2CC3)c1C(=O)NC1CCCCC1. The number of rotatable bonds is 6. The van der Waals surface area contributed by atoms with E-state index in [1.165, 1.54) is 17.8 Å². The number of carbonyl (C=O) groups excluding carboxylic acids is 2. The van der Waals surface area contributed by atoms with Gasteiger partial charge >= 0.3 is 5.97 Å². The van der Waals surface area contributed by atoms with Crippen molar-refractivity contribution in [2.45, 2.75) is 71.3 Å². The van der Waals surface area contributed by atoms with Gasteiger partial charge in [0.2, 0.25) is 5.91 Å². The Balaban J connectivity index is 1.58. The lowest BCUT2D eigenvalue weighted by atomic mass is 9.62. The van der Waals surface area contributed by atoms with Gasteiger partial charge in [-0.2, -0.15) is 0 Å². The minimum Gasteiger partial charge on any atom is -0.481 e. The van der Waals surface area contributed by atoms with E-state index < -0.39 is 17.8 Å². The first-order valence-electron chi connectivity index (χ1n) is 11.6. The number of hydrogen-bond donors (Lipinski definition) is 3. The van der Waals surface area contributed by atoms with Gasteiger partial charge in [0, 0.05) is 10.9 Å². The maximum atomic E-state index is 13.3. The van der Waals surface area contributed by atoms with Crippen molar-refractivity contribution in [1.29, 1.82) is 0 Å². The van der Waals surface area contributed by atoms with Crippen molar-refractivity contribution in [3.63, 3.8) is 0 Å². The van der Waals surface area contributed by atoms with E-state index in [0.29, 0.717) is 17.0 Å². The molecule has 0 saturated heterocycles. The molecule has 0 aromatic carbocycles. The minimum atomic E-state index is -0.911. The van der Waals surface area contributed by atoms with Crippen molar-refractivity contribution in [2.75, 3.05) is 5.32 Å². The van der Waals surface area contributed by atoms with Crippen LogP contribution in [0.3, 0.4) is 0 Å². The Labute approximate surface area is 187 Å².